The Morgan fingerprint density at radius 2 is 2.04 bits per heavy atom. The van der Waals surface area contributed by atoms with E-state index < -0.39 is 5.92 Å². The minimum atomic E-state index is -0.458. The molecule has 0 bridgehead atoms. The second-order valence-electron chi connectivity index (χ2n) is 5.84. The third-order valence-electron chi connectivity index (χ3n) is 4.25. The number of amides is 1. The van der Waals surface area contributed by atoms with Gasteiger partial charge in [0.1, 0.15) is 11.6 Å². The Balaban J connectivity index is 1.75. The summed E-state index contributed by atoms with van der Waals surface area (Å²) in [6.07, 6.45) is 1.69. The smallest absolute Gasteiger partial charge is 0.236 e. The van der Waals surface area contributed by atoms with Crippen molar-refractivity contribution in [2.45, 2.75) is 5.92 Å². The van der Waals surface area contributed by atoms with Gasteiger partial charge in [-0.1, -0.05) is 24.3 Å². The molecule has 0 fully saturated rings. The number of carbonyl (C=O) groups is 1. The van der Waals surface area contributed by atoms with E-state index in [0.29, 0.717) is 12.4 Å². The van der Waals surface area contributed by atoms with E-state index in [1.165, 1.54) is 0 Å². The van der Waals surface area contributed by atoms with Crippen molar-refractivity contribution in [1.82, 2.24) is 15.3 Å². The minimum Gasteiger partial charge on any atom is -0.370 e. The van der Waals surface area contributed by atoms with Crippen LogP contribution in [0.4, 0.5) is 11.6 Å². The van der Waals surface area contributed by atoms with Gasteiger partial charge in [-0.05, 0) is 24.3 Å². The van der Waals surface area contributed by atoms with E-state index in [1.54, 1.807) is 12.3 Å². The number of anilines is 2. The molecule has 1 aliphatic rings. The third kappa shape index (κ3) is 2.65. The fourth-order valence-electron chi connectivity index (χ4n) is 3.13. The van der Waals surface area contributed by atoms with E-state index in [-0.39, 0.29) is 11.9 Å². The van der Waals surface area contributed by atoms with Gasteiger partial charge in [-0.15, -0.1) is 0 Å². The predicted molar refractivity (Wildman–Crippen MR) is 95.8 cm³/mol. The number of nitrogens with zero attached hydrogens (tertiary/aromatic N) is 3. The summed E-state index contributed by atoms with van der Waals surface area (Å²) in [6.45, 7) is 0.400. The summed E-state index contributed by atoms with van der Waals surface area (Å²) >= 11 is 0. The molecule has 7 heteroatoms. The second-order valence-corrected chi connectivity index (χ2v) is 5.84. The number of pyridine rings is 2. The molecule has 0 radical (unpaired) electrons. The van der Waals surface area contributed by atoms with Crippen LogP contribution in [0.2, 0.25) is 0 Å². The molecule has 7 nitrogen and oxygen atoms in total. The average molecular weight is 332 g/mol. The van der Waals surface area contributed by atoms with Crippen LogP contribution in [0.15, 0.2) is 54.7 Å². The normalized spacial score (nSPS) is 15.8. The average Bonchev–Trinajstić information content (AvgIpc) is 3.00. The van der Waals surface area contributed by atoms with Gasteiger partial charge in [0.2, 0.25) is 5.91 Å². The molecule has 25 heavy (non-hydrogen) atoms. The molecule has 4 N–H and O–H groups in total. The monoisotopic (exact) mass is 332 g/mol. The van der Waals surface area contributed by atoms with Gasteiger partial charge >= 0.3 is 0 Å². The van der Waals surface area contributed by atoms with E-state index in [2.05, 4.69) is 10.3 Å². The molecule has 124 valence electrons. The van der Waals surface area contributed by atoms with Crippen LogP contribution in [0.25, 0.3) is 10.9 Å². The lowest BCUT2D eigenvalue weighted by molar-refractivity contribution is -0.120. The maximum absolute atomic E-state index is 12.4. The first-order chi connectivity index (χ1) is 12.1. The first-order valence-electron chi connectivity index (χ1n) is 7.86. The van der Waals surface area contributed by atoms with E-state index >= 15 is 0 Å². The van der Waals surface area contributed by atoms with Crippen LogP contribution in [-0.4, -0.2) is 28.4 Å². The van der Waals surface area contributed by atoms with Crippen LogP contribution in [0, 0.1) is 5.41 Å². The van der Waals surface area contributed by atoms with E-state index in [1.807, 2.05) is 47.4 Å². The molecule has 1 aliphatic heterocycles. The highest BCUT2D eigenvalue weighted by Gasteiger charge is 2.36. The van der Waals surface area contributed by atoms with Crippen molar-refractivity contribution in [2.75, 3.05) is 11.4 Å². The lowest BCUT2D eigenvalue weighted by Gasteiger charge is -2.18. The van der Waals surface area contributed by atoms with Crippen LogP contribution in [0.1, 0.15) is 11.5 Å². The number of nitrogens with two attached hydrogens (primary N) is 1. The first kappa shape index (κ1) is 15.1. The number of hydrogen-bond donors (Lipinski definition) is 3. The zero-order chi connectivity index (χ0) is 17.4. The molecular formula is C18H16N6O. The number of aromatic nitrogens is 2. The van der Waals surface area contributed by atoms with Crippen LogP contribution in [-0.2, 0) is 4.79 Å². The van der Waals surface area contributed by atoms with Gasteiger partial charge in [-0.3, -0.25) is 15.5 Å². The summed E-state index contributed by atoms with van der Waals surface area (Å²) in [5.74, 6) is 0.300. The van der Waals surface area contributed by atoms with Crippen molar-refractivity contribution in [3.8, 4) is 0 Å². The quantitative estimate of drug-likeness (QED) is 0.490. The van der Waals surface area contributed by atoms with E-state index in [4.69, 9.17) is 16.1 Å². The molecule has 0 aliphatic carbocycles. The van der Waals surface area contributed by atoms with Gasteiger partial charge in [0, 0.05) is 23.7 Å². The highest BCUT2D eigenvalue weighted by atomic mass is 16.2. The number of benzene rings is 1. The molecule has 1 unspecified atom stereocenters. The summed E-state index contributed by atoms with van der Waals surface area (Å²) in [5.41, 5.74) is 6.98. The van der Waals surface area contributed by atoms with Crippen molar-refractivity contribution in [1.29, 1.82) is 5.41 Å². The molecule has 1 atom stereocenters. The molecule has 0 saturated carbocycles. The highest BCUT2D eigenvalue weighted by Crippen LogP contribution is 2.38. The van der Waals surface area contributed by atoms with Crippen molar-refractivity contribution < 1.29 is 4.79 Å². The Bertz CT molecular complexity index is 986. The largest absolute Gasteiger partial charge is 0.370 e. The maximum Gasteiger partial charge on any atom is 0.236 e. The predicted octanol–water partition coefficient (Wildman–Crippen LogP) is 1.87. The van der Waals surface area contributed by atoms with Gasteiger partial charge in [-0.2, -0.15) is 0 Å². The molecule has 4 rings (SSSR count). The van der Waals surface area contributed by atoms with Gasteiger partial charge in [0.25, 0.3) is 0 Å². The molecule has 3 aromatic rings. The maximum atomic E-state index is 12.4. The Hall–Kier alpha value is -3.48. The Kier molecular flexibility index (Phi) is 3.53. The topological polar surface area (TPSA) is 108 Å². The van der Waals surface area contributed by atoms with Gasteiger partial charge in [-0.25, -0.2) is 9.97 Å². The molecule has 2 aromatic heterocycles. The van der Waals surface area contributed by atoms with Crippen molar-refractivity contribution in [2.24, 2.45) is 5.73 Å². The number of carbonyl (C=O) groups excluding carboxylic acids is 1. The van der Waals surface area contributed by atoms with Gasteiger partial charge in [0.05, 0.1) is 11.4 Å². The highest BCUT2D eigenvalue weighted by molar-refractivity contribution is 6.00. The fourth-order valence-corrected chi connectivity index (χ4v) is 3.13. The summed E-state index contributed by atoms with van der Waals surface area (Å²) in [6, 6.07) is 15.5. The summed E-state index contributed by atoms with van der Waals surface area (Å²) in [5, 5.41) is 10.7. The zero-order valence-corrected chi connectivity index (χ0v) is 13.3. The van der Waals surface area contributed by atoms with E-state index in [9.17, 15) is 4.79 Å². The molecule has 3 heterocycles. The summed E-state index contributed by atoms with van der Waals surface area (Å²) in [7, 11) is 0. The van der Waals surface area contributed by atoms with Crippen molar-refractivity contribution in [3.05, 3.63) is 60.3 Å². The first-order valence-corrected chi connectivity index (χ1v) is 7.86. The molecule has 1 amide bonds. The van der Waals surface area contributed by atoms with Crippen molar-refractivity contribution >= 4 is 34.4 Å². The Morgan fingerprint density at radius 3 is 2.88 bits per heavy atom. The third-order valence-corrected chi connectivity index (χ3v) is 4.25. The molecule has 0 saturated heterocycles. The van der Waals surface area contributed by atoms with Crippen LogP contribution in [0.3, 0.4) is 0 Å². The Morgan fingerprint density at radius 1 is 1.20 bits per heavy atom. The number of rotatable bonds is 2. The standard InChI is InChI=1S/C18H16N6O/c19-18(20)23-17(25)13-10-24(16-12(13)5-3-9-21-16)15-8-7-11-4-1-2-6-14(11)22-15/h1-9,13H,10H2,(H4,19,20,23,25). The number of fused-ring (bicyclic) bond motifs is 2. The number of guanidine groups is 1. The SMILES string of the molecule is N=C(N)NC(=O)C1CN(c2ccc3ccccc3n2)c2ncccc21. The second kappa shape index (κ2) is 5.86. The summed E-state index contributed by atoms with van der Waals surface area (Å²) in [4.78, 5) is 23.5. The number of nitrogens with one attached hydrogen (secondary N) is 2. The summed E-state index contributed by atoms with van der Waals surface area (Å²) < 4.78 is 0. The lowest BCUT2D eigenvalue weighted by Crippen LogP contribution is -2.39. The van der Waals surface area contributed by atoms with Gasteiger partial charge in [0.15, 0.2) is 5.96 Å². The van der Waals surface area contributed by atoms with Crippen LogP contribution in [0.5, 0.6) is 0 Å². The van der Waals surface area contributed by atoms with E-state index in [0.717, 1.165) is 22.3 Å². The molecule has 0 spiro atoms. The van der Waals surface area contributed by atoms with Gasteiger partial charge < -0.3 is 10.6 Å². The molecular weight excluding hydrogens is 316 g/mol. The van der Waals surface area contributed by atoms with Crippen molar-refractivity contribution in [3.63, 3.8) is 0 Å². The lowest BCUT2D eigenvalue weighted by atomic mass is 10.0. The van der Waals surface area contributed by atoms with Crippen LogP contribution >= 0.6 is 0 Å². The zero-order valence-electron chi connectivity index (χ0n) is 13.3. The number of hydrogen-bond acceptors (Lipinski definition) is 5. The minimum absolute atomic E-state index is 0.315. The molecule has 1 aromatic carbocycles. The number of para-hydroxylation sites is 1. The fraction of sp³-hybridized carbons (Fsp3) is 0.111. The Labute approximate surface area is 144 Å². The van der Waals surface area contributed by atoms with Crippen LogP contribution < -0.4 is 16.0 Å².